The average molecular weight is 506 g/mol. The smallest absolute Gasteiger partial charge is 0.191 e. The van der Waals surface area contributed by atoms with Gasteiger partial charge in [0.25, 0.3) is 0 Å². The number of aromatic nitrogens is 3. The van der Waals surface area contributed by atoms with E-state index in [1.165, 1.54) is 0 Å². The molecule has 1 aromatic rings. The Kier molecular flexibility index (Phi) is 10.5. The molecule has 28 heavy (non-hydrogen) atoms. The zero-order valence-electron chi connectivity index (χ0n) is 17.2. The third-order valence-electron chi connectivity index (χ3n) is 5.06. The summed E-state index contributed by atoms with van der Waals surface area (Å²) in [5, 5.41) is 11.4. The quantitative estimate of drug-likeness (QED) is 0.243. The number of halogens is 1. The van der Waals surface area contributed by atoms with Crippen LogP contribution in [0, 0.1) is 12.8 Å². The zero-order valence-corrected chi connectivity index (χ0v) is 19.5. The van der Waals surface area contributed by atoms with Gasteiger partial charge in [0.2, 0.25) is 0 Å². The van der Waals surface area contributed by atoms with Crippen LogP contribution < -0.4 is 10.6 Å². The van der Waals surface area contributed by atoms with Gasteiger partial charge in [-0.3, -0.25) is 4.99 Å². The van der Waals surface area contributed by atoms with Gasteiger partial charge in [-0.2, -0.15) is 5.10 Å². The Balaban J connectivity index is 0.00000280. The molecule has 0 spiro atoms. The number of nitrogens with zero attached hydrogens (tertiary/aromatic N) is 4. The van der Waals surface area contributed by atoms with Crippen molar-refractivity contribution in [1.29, 1.82) is 0 Å². The predicted octanol–water partition coefficient (Wildman–Crippen LogP) is 1.91. The number of aryl methyl sites for hydroxylation is 2. The monoisotopic (exact) mass is 506 g/mol. The number of hydrogen-bond donors (Lipinski definition) is 2. The number of fused-ring (bicyclic) bond motifs is 1. The summed E-state index contributed by atoms with van der Waals surface area (Å²) in [6.45, 7) is 9.89. The molecule has 1 unspecified atom stereocenters. The van der Waals surface area contributed by atoms with Crippen molar-refractivity contribution in [3.63, 3.8) is 0 Å². The molecule has 1 fully saturated rings. The molecule has 1 saturated heterocycles. The van der Waals surface area contributed by atoms with Crippen LogP contribution in [0.1, 0.15) is 44.3 Å². The average Bonchev–Trinajstić information content (AvgIpc) is 3.04. The largest absolute Gasteiger partial charge is 0.381 e. The first-order chi connectivity index (χ1) is 13.2. The van der Waals surface area contributed by atoms with Gasteiger partial charge in [0.1, 0.15) is 11.6 Å². The Morgan fingerprint density at radius 1 is 1.32 bits per heavy atom. The highest BCUT2D eigenvalue weighted by Gasteiger charge is 2.21. The summed E-state index contributed by atoms with van der Waals surface area (Å²) in [4.78, 5) is 9.17. The normalized spacial score (nSPS) is 20.4. The Morgan fingerprint density at radius 3 is 2.93 bits per heavy atom. The lowest BCUT2D eigenvalue weighted by Gasteiger charge is -2.25. The van der Waals surface area contributed by atoms with Crippen molar-refractivity contribution in [1.82, 2.24) is 25.4 Å². The molecular formula is C19H35IN6O2. The van der Waals surface area contributed by atoms with Crippen molar-refractivity contribution in [2.24, 2.45) is 10.9 Å². The molecule has 8 nitrogen and oxygen atoms in total. The van der Waals surface area contributed by atoms with E-state index in [1.54, 1.807) is 0 Å². The Hall–Kier alpha value is -0.940. The summed E-state index contributed by atoms with van der Waals surface area (Å²) in [7, 11) is 0. The van der Waals surface area contributed by atoms with Crippen molar-refractivity contribution < 1.29 is 9.47 Å². The van der Waals surface area contributed by atoms with Gasteiger partial charge >= 0.3 is 0 Å². The van der Waals surface area contributed by atoms with Crippen molar-refractivity contribution in [3.8, 4) is 0 Å². The number of guanidine groups is 1. The van der Waals surface area contributed by atoms with Crippen LogP contribution in [0.3, 0.4) is 0 Å². The van der Waals surface area contributed by atoms with Gasteiger partial charge in [-0.05, 0) is 45.4 Å². The molecular weight excluding hydrogens is 471 g/mol. The van der Waals surface area contributed by atoms with Gasteiger partial charge < -0.3 is 20.1 Å². The maximum Gasteiger partial charge on any atom is 0.191 e. The van der Waals surface area contributed by atoms with Crippen molar-refractivity contribution in [2.75, 3.05) is 39.5 Å². The van der Waals surface area contributed by atoms with Gasteiger partial charge in [0, 0.05) is 52.0 Å². The fraction of sp³-hybridized carbons (Fsp3) is 0.842. The van der Waals surface area contributed by atoms with Crippen LogP contribution in [0.2, 0.25) is 0 Å². The molecule has 0 aromatic carbocycles. The lowest BCUT2D eigenvalue weighted by atomic mass is 10.0. The first-order valence-corrected chi connectivity index (χ1v) is 10.3. The van der Waals surface area contributed by atoms with Gasteiger partial charge in [-0.25, -0.2) is 9.67 Å². The van der Waals surface area contributed by atoms with E-state index in [9.17, 15) is 0 Å². The summed E-state index contributed by atoms with van der Waals surface area (Å²) in [5.74, 6) is 3.49. The van der Waals surface area contributed by atoms with Crippen LogP contribution in [0.25, 0.3) is 0 Å². The highest BCUT2D eigenvalue weighted by Crippen LogP contribution is 2.15. The molecule has 2 aliphatic heterocycles. The molecule has 0 amide bonds. The van der Waals surface area contributed by atoms with E-state index in [1.807, 2.05) is 11.6 Å². The van der Waals surface area contributed by atoms with Crippen LogP contribution in [-0.4, -0.2) is 66.3 Å². The SMILES string of the molecule is CCNC(=NCCCOCC1CCOCC1)NC1CCc2nc(C)nn2C1.I. The van der Waals surface area contributed by atoms with E-state index < -0.39 is 0 Å². The maximum atomic E-state index is 5.82. The van der Waals surface area contributed by atoms with E-state index in [2.05, 4.69) is 27.6 Å². The van der Waals surface area contributed by atoms with Crippen LogP contribution in [0.5, 0.6) is 0 Å². The predicted molar refractivity (Wildman–Crippen MR) is 120 cm³/mol. The second-order valence-corrected chi connectivity index (χ2v) is 7.38. The molecule has 3 heterocycles. The fourth-order valence-electron chi connectivity index (χ4n) is 3.59. The lowest BCUT2D eigenvalue weighted by Crippen LogP contribution is -2.47. The molecule has 3 rings (SSSR count). The number of hydrogen-bond acceptors (Lipinski definition) is 5. The number of rotatable bonds is 8. The standard InChI is InChI=1S/C19H34N6O2.HI/c1-3-20-19(21-9-4-10-27-14-16-7-11-26-12-8-16)23-17-5-6-18-22-15(2)24-25(18)13-17;/h16-17H,3-14H2,1-2H3,(H2,20,21,23);1H. The molecule has 160 valence electrons. The molecule has 0 bridgehead atoms. The van der Waals surface area contributed by atoms with Crippen LogP contribution >= 0.6 is 24.0 Å². The number of aliphatic imine (C=N–C) groups is 1. The molecule has 1 aromatic heterocycles. The third kappa shape index (κ3) is 7.47. The molecule has 2 N–H and O–H groups in total. The van der Waals surface area contributed by atoms with Crippen molar-refractivity contribution >= 4 is 29.9 Å². The minimum atomic E-state index is 0. The van der Waals surface area contributed by atoms with Crippen LogP contribution in [0.15, 0.2) is 4.99 Å². The molecule has 0 aliphatic carbocycles. The second kappa shape index (κ2) is 12.6. The van der Waals surface area contributed by atoms with Gasteiger partial charge in [0.05, 0.1) is 6.54 Å². The van der Waals surface area contributed by atoms with Crippen LogP contribution in [0.4, 0.5) is 0 Å². The summed E-state index contributed by atoms with van der Waals surface area (Å²) in [6, 6.07) is 0.334. The summed E-state index contributed by atoms with van der Waals surface area (Å²) >= 11 is 0. The van der Waals surface area contributed by atoms with E-state index in [0.717, 1.165) is 95.8 Å². The Labute approximate surface area is 185 Å². The Morgan fingerprint density at radius 2 is 2.14 bits per heavy atom. The highest BCUT2D eigenvalue weighted by molar-refractivity contribution is 14.0. The van der Waals surface area contributed by atoms with Gasteiger partial charge in [0.15, 0.2) is 5.96 Å². The topological polar surface area (TPSA) is 85.6 Å². The summed E-state index contributed by atoms with van der Waals surface area (Å²) in [5.41, 5.74) is 0. The number of ether oxygens (including phenoxy) is 2. The van der Waals surface area contributed by atoms with Crippen molar-refractivity contribution in [3.05, 3.63) is 11.6 Å². The molecule has 0 radical (unpaired) electrons. The lowest BCUT2D eigenvalue weighted by molar-refractivity contribution is 0.0205. The highest BCUT2D eigenvalue weighted by atomic mass is 127. The minimum absolute atomic E-state index is 0. The second-order valence-electron chi connectivity index (χ2n) is 7.38. The molecule has 2 aliphatic rings. The maximum absolute atomic E-state index is 5.82. The van der Waals surface area contributed by atoms with Crippen molar-refractivity contribution in [2.45, 2.75) is 58.5 Å². The molecule has 1 atom stereocenters. The zero-order chi connectivity index (χ0) is 18.9. The minimum Gasteiger partial charge on any atom is -0.381 e. The molecule has 0 saturated carbocycles. The van der Waals surface area contributed by atoms with Gasteiger partial charge in [-0.1, -0.05) is 0 Å². The van der Waals surface area contributed by atoms with E-state index in [0.29, 0.717) is 12.0 Å². The number of nitrogens with one attached hydrogen (secondary N) is 2. The molecule has 9 heteroatoms. The van der Waals surface area contributed by atoms with Crippen LogP contribution in [-0.2, 0) is 22.4 Å². The first-order valence-electron chi connectivity index (χ1n) is 10.3. The van der Waals surface area contributed by atoms with Gasteiger partial charge in [-0.15, -0.1) is 24.0 Å². The first kappa shape index (κ1) is 23.3. The van der Waals surface area contributed by atoms with E-state index in [4.69, 9.17) is 14.5 Å². The Bertz CT molecular complexity index is 603. The van der Waals surface area contributed by atoms with E-state index in [-0.39, 0.29) is 24.0 Å². The summed E-state index contributed by atoms with van der Waals surface area (Å²) < 4.78 is 13.2. The third-order valence-corrected chi connectivity index (χ3v) is 5.06. The summed E-state index contributed by atoms with van der Waals surface area (Å²) in [6.07, 6.45) is 5.20. The van der Waals surface area contributed by atoms with E-state index >= 15 is 0 Å². The fourth-order valence-corrected chi connectivity index (χ4v) is 3.59.